The van der Waals surface area contributed by atoms with Crippen LogP contribution in [0.4, 0.5) is 5.69 Å². The van der Waals surface area contributed by atoms with E-state index in [1.807, 2.05) is 30.3 Å². The summed E-state index contributed by atoms with van der Waals surface area (Å²) in [4.78, 5) is 25.1. The van der Waals surface area contributed by atoms with Crippen LogP contribution in [0, 0.1) is 0 Å². The van der Waals surface area contributed by atoms with E-state index in [0.717, 1.165) is 69.9 Å². The number of para-hydroxylation sites is 1. The van der Waals surface area contributed by atoms with E-state index in [4.69, 9.17) is 9.47 Å². The first-order valence-corrected chi connectivity index (χ1v) is 20.4. The van der Waals surface area contributed by atoms with Crippen LogP contribution in [0.2, 0.25) is 0 Å². The van der Waals surface area contributed by atoms with Gasteiger partial charge >= 0.3 is 11.9 Å². The monoisotopic (exact) mass is 692 g/mol. The Morgan fingerprint density at radius 2 is 1.00 bits per heavy atom. The van der Waals surface area contributed by atoms with E-state index in [1.165, 1.54) is 77.0 Å². The first kappa shape index (κ1) is 44.9. The van der Waals surface area contributed by atoms with Gasteiger partial charge in [-0.15, -0.1) is 0 Å². The van der Waals surface area contributed by atoms with Crippen LogP contribution in [0.25, 0.3) is 0 Å². The zero-order chi connectivity index (χ0) is 36.0. The maximum Gasteiger partial charge on any atom is 0.306 e. The summed E-state index contributed by atoms with van der Waals surface area (Å²) in [5.74, 6) is -0.439. The van der Waals surface area contributed by atoms with Crippen molar-refractivity contribution in [3.8, 4) is 0 Å². The third-order valence-corrected chi connectivity index (χ3v) is 8.70. The Balaban J connectivity index is 2.19. The van der Waals surface area contributed by atoms with Crippen LogP contribution in [0.1, 0.15) is 168 Å². The van der Waals surface area contributed by atoms with Crippen LogP contribution in [-0.2, 0) is 19.1 Å². The molecule has 1 N–H and O–H groups in total. The number of allylic oxidation sites excluding steroid dienone is 8. The van der Waals surface area contributed by atoms with Gasteiger partial charge in [-0.3, -0.25) is 9.59 Å². The molecule has 0 aliphatic carbocycles. The van der Waals surface area contributed by atoms with Crippen molar-refractivity contribution in [3.63, 3.8) is 0 Å². The lowest BCUT2D eigenvalue weighted by Gasteiger charge is -2.19. The van der Waals surface area contributed by atoms with E-state index in [0.29, 0.717) is 19.4 Å². The van der Waals surface area contributed by atoms with Crippen LogP contribution >= 0.6 is 0 Å². The van der Waals surface area contributed by atoms with Gasteiger partial charge in [-0.1, -0.05) is 145 Å². The second kappa shape index (κ2) is 35.7. The summed E-state index contributed by atoms with van der Waals surface area (Å²) in [5, 5.41) is 3.31. The molecule has 1 rings (SSSR count). The molecule has 0 saturated carbocycles. The molecule has 0 radical (unpaired) electrons. The fourth-order valence-corrected chi connectivity index (χ4v) is 5.59. The summed E-state index contributed by atoms with van der Waals surface area (Å²) >= 11 is 0. The topological polar surface area (TPSA) is 64.6 Å². The van der Waals surface area contributed by atoms with Crippen LogP contribution < -0.4 is 5.32 Å². The minimum Gasteiger partial charge on any atom is -0.462 e. The van der Waals surface area contributed by atoms with Gasteiger partial charge in [0.2, 0.25) is 0 Å². The standard InChI is InChI=1S/C45H73NO4/c1-3-5-7-9-11-13-15-17-19-21-23-25-27-29-34-38-44(47)49-41-43(40-46-42-36-32-31-33-37-42)50-45(48)39-35-30-28-26-24-22-20-18-16-14-12-10-8-6-4-2/h11-14,17-20,31-33,36-37,43,46H,3-10,15-16,21-30,34-35,38-41H2,1-2H3/b13-11-,14-12-,19-17-,20-18-. The van der Waals surface area contributed by atoms with Gasteiger partial charge in [-0.25, -0.2) is 0 Å². The molecule has 0 heterocycles. The van der Waals surface area contributed by atoms with Gasteiger partial charge in [0.15, 0.2) is 6.10 Å². The van der Waals surface area contributed by atoms with Gasteiger partial charge in [-0.2, -0.15) is 0 Å². The molecule has 0 aliphatic heterocycles. The van der Waals surface area contributed by atoms with Crippen molar-refractivity contribution in [2.75, 3.05) is 18.5 Å². The second-order valence-electron chi connectivity index (χ2n) is 13.5. The zero-order valence-corrected chi connectivity index (χ0v) is 32.1. The average Bonchev–Trinajstić information content (AvgIpc) is 3.13. The second-order valence-corrected chi connectivity index (χ2v) is 13.5. The lowest BCUT2D eigenvalue weighted by Crippen LogP contribution is -2.31. The molecule has 0 amide bonds. The van der Waals surface area contributed by atoms with Crippen molar-refractivity contribution < 1.29 is 19.1 Å². The van der Waals surface area contributed by atoms with E-state index < -0.39 is 6.10 Å². The van der Waals surface area contributed by atoms with Gasteiger partial charge in [0.05, 0.1) is 6.54 Å². The van der Waals surface area contributed by atoms with Crippen LogP contribution in [0.5, 0.6) is 0 Å². The van der Waals surface area contributed by atoms with Crippen LogP contribution in [-0.4, -0.2) is 31.2 Å². The number of hydrogen-bond donors (Lipinski definition) is 1. The molecule has 282 valence electrons. The summed E-state index contributed by atoms with van der Waals surface area (Å²) in [6.45, 7) is 4.96. The molecule has 5 heteroatoms. The first-order chi connectivity index (χ1) is 24.7. The fourth-order valence-electron chi connectivity index (χ4n) is 5.59. The number of carbonyl (C=O) groups excluding carboxylic acids is 2. The number of anilines is 1. The number of hydrogen-bond acceptors (Lipinski definition) is 5. The van der Waals surface area contributed by atoms with Gasteiger partial charge in [0.1, 0.15) is 6.61 Å². The summed E-state index contributed by atoms with van der Waals surface area (Å²) in [7, 11) is 0. The van der Waals surface area contributed by atoms with E-state index >= 15 is 0 Å². The number of unbranched alkanes of at least 4 members (excludes halogenated alkanes) is 16. The normalized spacial score (nSPS) is 12.4. The molecular formula is C45H73NO4. The van der Waals surface area contributed by atoms with Crippen molar-refractivity contribution in [2.24, 2.45) is 0 Å². The van der Waals surface area contributed by atoms with Crippen molar-refractivity contribution in [2.45, 2.75) is 174 Å². The maximum absolute atomic E-state index is 12.7. The van der Waals surface area contributed by atoms with E-state index in [1.54, 1.807) is 0 Å². The quantitative estimate of drug-likeness (QED) is 0.0443. The van der Waals surface area contributed by atoms with E-state index in [-0.39, 0.29) is 18.5 Å². The van der Waals surface area contributed by atoms with Crippen LogP contribution in [0.3, 0.4) is 0 Å². The summed E-state index contributed by atoms with van der Waals surface area (Å²) < 4.78 is 11.3. The number of rotatable bonds is 34. The molecule has 0 bridgehead atoms. The summed E-state index contributed by atoms with van der Waals surface area (Å²) in [6, 6.07) is 9.82. The molecule has 1 unspecified atom stereocenters. The first-order valence-electron chi connectivity index (χ1n) is 20.4. The Hall–Kier alpha value is -3.08. The van der Waals surface area contributed by atoms with Crippen LogP contribution in [0.15, 0.2) is 78.9 Å². The lowest BCUT2D eigenvalue weighted by atomic mass is 10.1. The van der Waals surface area contributed by atoms with E-state index in [2.05, 4.69) is 67.8 Å². The summed E-state index contributed by atoms with van der Waals surface area (Å²) in [6.07, 6.45) is 43.8. The predicted octanol–water partition coefficient (Wildman–Crippen LogP) is 13.2. The number of nitrogens with one attached hydrogen (secondary N) is 1. The maximum atomic E-state index is 12.7. The van der Waals surface area contributed by atoms with E-state index in [9.17, 15) is 9.59 Å². The molecule has 1 atom stereocenters. The van der Waals surface area contributed by atoms with Gasteiger partial charge in [0, 0.05) is 18.5 Å². The van der Waals surface area contributed by atoms with Crippen molar-refractivity contribution in [1.29, 1.82) is 0 Å². The van der Waals surface area contributed by atoms with Crippen molar-refractivity contribution in [3.05, 3.63) is 78.9 Å². The molecule has 0 saturated heterocycles. The Bertz CT molecular complexity index is 1030. The Kier molecular flexibility index (Phi) is 32.1. The zero-order valence-electron chi connectivity index (χ0n) is 32.1. The van der Waals surface area contributed by atoms with Gasteiger partial charge in [0.25, 0.3) is 0 Å². The molecule has 5 nitrogen and oxygen atoms in total. The number of ether oxygens (including phenoxy) is 2. The molecule has 0 spiro atoms. The SMILES string of the molecule is CCCCC/C=C\C/C=C\CCCCCCCC(=O)OCC(CNc1ccccc1)OC(=O)CCCCCCC/C=C\C/C=C\CCCCC. The molecule has 1 aromatic rings. The Morgan fingerprint density at radius 3 is 1.50 bits per heavy atom. The molecule has 0 fully saturated rings. The number of esters is 2. The largest absolute Gasteiger partial charge is 0.462 e. The molecule has 0 aromatic heterocycles. The van der Waals surface area contributed by atoms with Crippen molar-refractivity contribution >= 4 is 17.6 Å². The molecular weight excluding hydrogens is 618 g/mol. The van der Waals surface area contributed by atoms with Crippen molar-refractivity contribution in [1.82, 2.24) is 0 Å². The Morgan fingerprint density at radius 1 is 0.560 bits per heavy atom. The highest BCUT2D eigenvalue weighted by atomic mass is 16.6. The third-order valence-electron chi connectivity index (χ3n) is 8.70. The fraction of sp³-hybridized carbons (Fsp3) is 0.644. The minimum absolute atomic E-state index is 0.0762. The Labute approximate surface area is 307 Å². The smallest absolute Gasteiger partial charge is 0.306 e. The molecule has 1 aromatic carbocycles. The number of carbonyl (C=O) groups is 2. The van der Waals surface area contributed by atoms with Gasteiger partial charge < -0.3 is 14.8 Å². The highest BCUT2D eigenvalue weighted by molar-refractivity contribution is 5.70. The van der Waals surface area contributed by atoms with Gasteiger partial charge in [-0.05, 0) is 89.2 Å². The summed E-state index contributed by atoms with van der Waals surface area (Å²) in [5.41, 5.74) is 0.943. The molecule has 0 aliphatic rings. The lowest BCUT2D eigenvalue weighted by molar-refractivity contribution is -0.158. The highest BCUT2D eigenvalue weighted by Crippen LogP contribution is 2.12. The highest BCUT2D eigenvalue weighted by Gasteiger charge is 2.17. The molecule has 50 heavy (non-hydrogen) atoms. The average molecular weight is 692 g/mol. The number of benzene rings is 1. The third kappa shape index (κ3) is 30.9. The minimum atomic E-state index is -0.519. The predicted molar refractivity (Wildman–Crippen MR) is 214 cm³/mol.